The molecular weight excluding hydrogens is 404 g/mol. The number of ether oxygens (including phenoxy) is 2. The Morgan fingerprint density at radius 3 is 2.53 bits per heavy atom. The molecule has 0 radical (unpaired) electrons. The highest BCUT2D eigenvalue weighted by Gasteiger charge is 2.13. The van der Waals surface area contributed by atoms with E-state index in [-0.39, 0.29) is 11.7 Å². The van der Waals surface area contributed by atoms with Gasteiger partial charge in [-0.3, -0.25) is 4.79 Å². The zero-order valence-electron chi connectivity index (χ0n) is 16.5. The van der Waals surface area contributed by atoms with Crippen LogP contribution in [0.2, 0.25) is 0 Å². The zero-order chi connectivity index (χ0) is 20.8. The lowest BCUT2D eigenvalue weighted by Crippen LogP contribution is -2.36. The largest absolute Gasteiger partial charge is 0.497 e. The summed E-state index contributed by atoms with van der Waals surface area (Å²) in [5.74, 6) is 1.19. The first-order valence-electron chi connectivity index (χ1n) is 9.54. The number of amides is 1. The van der Waals surface area contributed by atoms with E-state index in [9.17, 15) is 4.79 Å². The third-order valence-electron chi connectivity index (χ3n) is 4.60. The Labute approximate surface area is 178 Å². The number of anilines is 2. The number of nitrogens with one attached hydrogen (secondary N) is 1. The minimum absolute atomic E-state index is 0.136. The average molecular weight is 426 g/mol. The molecule has 1 saturated heterocycles. The number of hydrogen-bond acceptors (Lipinski definition) is 8. The van der Waals surface area contributed by atoms with E-state index in [1.165, 1.54) is 11.8 Å². The normalized spacial score (nSPS) is 13.8. The van der Waals surface area contributed by atoms with Crippen molar-refractivity contribution in [1.29, 1.82) is 0 Å². The van der Waals surface area contributed by atoms with Crippen molar-refractivity contribution < 1.29 is 18.7 Å². The predicted octanol–water partition coefficient (Wildman–Crippen LogP) is 3.31. The highest BCUT2D eigenvalue weighted by Crippen LogP contribution is 2.25. The Morgan fingerprint density at radius 2 is 1.83 bits per heavy atom. The molecule has 1 aliphatic rings. The van der Waals surface area contributed by atoms with E-state index < -0.39 is 0 Å². The van der Waals surface area contributed by atoms with Crippen molar-refractivity contribution in [3.05, 3.63) is 48.5 Å². The number of aromatic nitrogens is 2. The molecule has 1 aliphatic heterocycles. The second-order valence-corrected chi connectivity index (χ2v) is 7.51. The van der Waals surface area contributed by atoms with Gasteiger partial charge in [-0.25, -0.2) is 0 Å². The first kappa shape index (κ1) is 20.2. The first-order chi connectivity index (χ1) is 14.7. The van der Waals surface area contributed by atoms with E-state index in [1.807, 2.05) is 48.5 Å². The Morgan fingerprint density at radius 1 is 1.10 bits per heavy atom. The highest BCUT2D eigenvalue weighted by molar-refractivity contribution is 7.99. The van der Waals surface area contributed by atoms with Crippen LogP contribution >= 0.6 is 11.8 Å². The van der Waals surface area contributed by atoms with Crippen LogP contribution < -0.4 is 15.0 Å². The van der Waals surface area contributed by atoms with Gasteiger partial charge in [-0.1, -0.05) is 11.8 Å². The maximum atomic E-state index is 12.3. The lowest BCUT2D eigenvalue weighted by atomic mass is 10.2. The Balaban J connectivity index is 1.28. The van der Waals surface area contributed by atoms with E-state index in [2.05, 4.69) is 20.4 Å². The SMILES string of the molecule is COc1ccc(-c2nnc(SCC(=O)Nc3ccc(N4CCOCC4)cc3)o2)cc1. The lowest BCUT2D eigenvalue weighted by molar-refractivity contribution is -0.113. The number of methoxy groups -OCH3 is 1. The molecule has 0 atom stereocenters. The fourth-order valence-electron chi connectivity index (χ4n) is 3.02. The Hall–Kier alpha value is -3.04. The van der Waals surface area contributed by atoms with Crippen LogP contribution in [0.25, 0.3) is 11.5 Å². The third kappa shape index (κ3) is 5.11. The van der Waals surface area contributed by atoms with Gasteiger partial charge in [0.25, 0.3) is 5.22 Å². The maximum absolute atomic E-state index is 12.3. The standard InChI is InChI=1S/C21H22N4O4S/c1-27-18-8-2-15(3-9-18)20-23-24-21(29-20)30-14-19(26)22-16-4-6-17(7-5-16)25-10-12-28-13-11-25/h2-9H,10-14H2,1H3,(H,22,26). The van der Waals surface area contributed by atoms with E-state index in [0.29, 0.717) is 11.1 Å². The average Bonchev–Trinajstić information content (AvgIpc) is 3.28. The Kier molecular flexibility index (Phi) is 6.50. The minimum atomic E-state index is -0.136. The summed E-state index contributed by atoms with van der Waals surface area (Å²) in [6, 6.07) is 15.2. The number of hydrogen-bond donors (Lipinski definition) is 1. The van der Waals surface area contributed by atoms with Gasteiger partial charge in [-0.05, 0) is 48.5 Å². The van der Waals surface area contributed by atoms with Gasteiger partial charge in [0.15, 0.2) is 0 Å². The predicted molar refractivity (Wildman–Crippen MR) is 115 cm³/mol. The molecule has 0 saturated carbocycles. The molecule has 0 bridgehead atoms. The quantitative estimate of drug-likeness (QED) is 0.576. The van der Waals surface area contributed by atoms with Crippen molar-refractivity contribution in [2.24, 2.45) is 0 Å². The summed E-state index contributed by atoms with van der Waals surface area (Å²) in [6.07, 6.45) is 0. The van der Waals surface area contributed by atoms with E-state index in [4.69, 9.17) is 13.9 Å². The van der Waals surface area contributed by atoms with Crippen molar-refractivity contribution in [2.75, 3.05) is 49.4 Å². The third-order valence-corrected chi connectivity index (χ3v) is 5.42. The molecule has 9 heteroatoms. The number of carbonyl (C=O) groups excluding carboxylic acids is 1. The van der Waals surface area contributed by atoms with E-state index >= 15 is 0 Å². The molecule has 0 spiro atoms. The van der Waals surface area contributed by atoms with Crippen LogP contribution in [0, 0.1) is 0 Å². The summed E-state index contributed by atoms with van der Waals surface area (Å²) in [5.41, 5.74) is 2.67. The van der Waals surface area contributed by atoms with Gasteiger partial charge in [0, 0.05) is 30.0 Å². The van der Waals surface area contributed by atoms with Crippen LogP contribution in [0.5, 0.6) is 5.75 Å². The van der Waals surface area contributed by atoms with Crippen LogP contribution in [0.4, 0.5) is 11.4 Å². The highest BCUT2D eigenvalue weighted by atomic mass is 32.2. The second kappa shape index (κ2) is 9.64. The Bertz CT molecular complexity index is 969. The molecule has 1 fully saturated rings. The summed E-state index contributed by atoms with van der Waals surface area (Å²) in [5, 5.41) is 11.3. The fourth-order valence-corrected chi connectivity index (χ4v) is 3.58. The molecule has 8 nitrogen and oxygen atoms in total. The molecule has 0 aliphatic carbocycles. The molecule has 156 valence electrons. The monoisotopic (exact) mass is 426 g/mol. The molecule has 3 aromatic rings. The molecule has 30 heavy (non-hydrogen) atoms. The van der Waals surface area contributed by atoms with Crippen molar-refractivity contribution in [1.82, 2.24) is 10.2 Å². The van der Waals surface area contributed by atoms with Gasteiger partial charge in [0.1, 0.15) is 5.75 Å². The summed E-state index contributed by atoms with van der Waals surface area (Å²) in [4.78, 5) is 14.5. The first-order valence-corrected chi connectivity index (χ1v) is 10.5. The van der Waals surface area contributed by atoms with Crippen LogP contribution in [-0.4, -0.2) is 55.3 Å². The van der Waals surface area contributed by atoms with Gasteiger partial charge in [-0.2, -0.15) is 0 Å². The molecular formula is C21H22N4O4S. The van der Waals surface area contributed by atoms with Crippen molar-refractivity contribution >= 4 is 29.0 Å². The van der Waals surface area contributed by atoms with Gasteiger partial charge in [0.05, 0.1) is 26.1 Å². The number of thioether (sulfide) groups is 1. The molecule has 2 aromatic carbocycles. The number of nitrogens with zero attached hydrogens (tertiary/aromatic N) is 3. The fraction of sp³-hybridized carbons (Fsp3) is 0.286. The summed E-state index contributed by atoms with van der Waals surface area (Å²) < 4.78 is 16.1. The van der Waals surface area contributed by atoms with Gasteiger partial charge in [0.2, 0.25) is 11.8 Å². The van der Waals surface area contributed by atoms with E-state index in [0.717, 1.165) is 49.0 Å². The number of rotatable bonds is 7. The van der Waals surface area contributed by atoms with Crippen molar-refractivity contribution in [3.63, 3.8) is 0 Å². The molecule has 0 unspecified atom stereocenters. The molecule has 1 amide bonds. The summed E-state index contributed by atoms with van der Waals surface area (Å²) >= 11 is 1.20. The van der Waals surface area contributed by atoms with E-state index in [1.54, 1.807) is 7.11 Å². The van der Waals surface area contributed by atoms with Crippen LogP contribution in [0.15, 0.2) is 58.2 Å². The summed E-state index contributed by atoms with van der Waals surface area (Å²) in [6.45, 7) is 3.24. The zero-order valence-corrected chi connectivity index (χ0v) is 17.4. The van der Waals surface area contributed by atoms with Gasteiger partial charge >= 0.3 is 0 Å². The van der Waals surface area contributed by atoms with Crippen molar-refractivity contribution in [3.8, 4) is 17.2 Å². The lowest BCUT2D eigenvalue weighted by Gasteiger charge is -2.28. The van der Waals surface area contributed by atoms with Crippen molar-refractivity contribution in [2.45, 2.75) is 5.22 Å². The molecule has 4 rings (SSSR count). The maximum Gasteiger partial charge on any atom is 0.277 e. The number of benzene rings is 2. The number of carbonyl (C=O) groups is 1. The second-order valence-electron chi connectivity index (χ2n) is 6.58. The smallest absolute Gasteiger partial charge is 0.277 e. The van der Waals surface area contributed by atoms with Crippen LogP contribution in [-0.2, 0) is 9.53 Å². The minimum Gasteiger partial charge on any atom is -0.497 e. The summed E-state index contributed by atoms with van der Waals surface area (Å²) in [7, 11) is 1.61. The van der Waals surface area contributed by atoms with Gasteiger partial charge in [-0.15, -0.1) is 10.2 Å². The molecule has 1 N–H and O–H groups in total. The van der Waals surface area contributed by atoms with Gasteiger partial charge < -0.3 is 24.1 Å². The number of morpholine rings is 1. The topological polar surface area (TPSA) is 89.7 Å². The van der Waals surface area contributed by atoms with Crippen LogP contribution in [0.1, 0.15) is 0 Å². The van der Waals surface area contributed by atoms with Crippen LogP contribution in [0.3, 0.4) is 0 Å². The molecule has 2 heterocycles. The molecule has 1 aromatic heterocycles.